The predicted octanol–water partition coefficient (Wildman–Crippen LogP) is 3.11. The molecule has 4 N–H and O–H groups in total. The molecule has 0 radical (unpaired) electrons. The highest BCUT2D eigenvalue weighted by molar-refractivity contribution is 6.35. The minimum Gasteiger partial charge on any atom is -0.370 e. The van der Waals surface area contributed by atoms with Gasteiger partial charge in [-0.15, -0.1) is 0 Å². The summed E-state index contributed by atoms with van der Waals surface area (Å²) in [5.74, 6) is -1.65. The lowest BCUT2D eigenvalue weighted by molar-refractivity contribution is -0.137. The van der Waals surface area contributed by atoms with Crippen LogP contribution in [0.3, 0.4) is 0 Å². The second kappa shape index (κ2) is 6.34. The zero-order valence-corrected chi connectivity index (χ0v) is 13.7. The van der Waals surface area contributed by atoms with Crippen LogP contribution in [0.5, 0.6) is 0 Å². The highest BCUT2D eigenvalue weighted by atomic mass is 35.5. The molecule has 0 aliphatic rings. The van der Waals surface area contributed by atoms with Gasteiger partial charge in [-0.1, -0.05) is 23.7 Å². The number of aliphatic imine (C=N–C) groups is 1. The average Bonchev–Trinajstić information content (AvgIpc) is 2.96. The number of amides is 1. The number of guanidine groups is 1. The van der Waals surface area contributed by atoms with Gasteiger partial charge >= 0.3 is 6.18 Å². The Morgan fingerprint density at radius 3 is 2.50 bits per heavy atom. The number of benzene rings is 2. The van der Waals surface area contributed by atoms with Crippen LogP contribution in [0.4, 0.5) is 13.2 Å². The third-order valence-electron chi connectivity index (χ3n) is 3.58. The first-order valence-corrected chi connectivity index (χ1v) is 7.54. The fourth-order valence-corrected chi connectivity index (χ4v) is 2.88. The molecule has 0 spiro atoms. The molecule has 0 fully saturated rings. The second-order valence-corrected chi connectivity index (χ2v) is 5.64. The molecule has 134 valence electrons. The van der Waals surface area contributed by atoms with E-state index in [1.165, 1.54) is 10.9 Å². The van der Waals surface area contributed by atoms with Crippen LogP contribution in [0.1, 0.15) is 15.9 Å². The van der Waals surface area contributed by atoms with Gasteiger partial charge in [-0.3, -0.25) is 9.36 Å². The van der Waals surface area contributed by atoms with E-state index >= 15 is 0 Å². The number of aromatic nitrogens is 2. The van der Waals surface area contributed by atoms with Crippen molar-refractivity contribution in [3.63, 3.8) is 0 Å². The van der Waals surface area contributed by atoms with Crippen LogP contribution in [0.2, 0.25) is 5.02 Å². The lowest BCUT2D eigenvalue weighted by Crippen LogP contribution is -2.24. The van der Waals surface area contributed by atoms with E-state index in [0.29, 0.717) is 11.0 Å². The number of hydrogen-bond donors (Lipinski definition) is 2. The molecule has 0 unspecified atom stereocenters. The SMILES string of the molecule is NC(N)=NC(=O)c1ccc(-n2cnc3ccccc32)c(C(F)(F)F)c1Cl. The van der Waals surface area contributed by atoms with Gasteiger partial charge in [-0.2, -0.15) is 18.2 Å². The molecule has 26 heavy (non-hydrogen) atoms. The molecule has 3 rings (SSSR count). The fourth-order valence-electron chi connectivity index (χ4n) is 2.53. The van der Waals surface area contributed by atoms with Crippen LogP contribution in [0, 0.1) is 0 Å². The molecule has 0 saturated carbocycles. The second-order valence-electron chi connectivity index (χ2n) is 5.26. The maximum Gasteiger partial charge on any atom is 0.419 e. The Hall–Kier alpha value is -3.07. The van der Waals surface area contributed by atoms with Crippen LogP contribution in [-0.2, 0) is 6.18 Å². The topological polar surface area (TPSA) is 99.3 Å². The number of alkyl halides is 3. The van der Waals surface area contributed by atoms with Crippen molar-refractivity contribution in [2.24, 2.45) is 16.5 Å². The quantitative estimate of drug-likeness (QED) is 0.526. The number of para-hydroxylation sites is 2. The van der Waals surface area contributed by atoms with E-state index in [4.69, 9.17) is 23.1 Å². The van der Waals surface area contributed by atoms with Gasteiger partial charge in [0.05, 0.1) is 32.9 Å². The number of fused-ring (bicyclic) bond motifs is 1. The van der Waals surface area contributed by atoms with E-state index in [0.717, 1.165) is 12.1 Å². The summed E-state index contributed by atoms with van der Waals surface area (Å²) >= 11 is 5.92. The lowest BCUT2D eigenvalue weighted by atomic mass is 10.1. The third-order valence-corrected chi connectivity index (χ3v) is 3.97. The maximum absolute atomic E-state index is 13.7. The lowest BCUT2D eigenvalue weighted by Gasteiger charge is -2.17. The van der Waals surface area contributed by atoms with E-state index in [2.05, 4.69) is 9.98 Å². The zero-order chi connectivity index (χ0) is 19.1. The first-order chi connectivity index (χ1) is 12.2. The standard InChI is InChI=1S/C16H11ClF3N5O/c17-13-8(14(26)24-15(21)22)5-6-11(12(13)16(18,19)20)25-7-23-9-3-1-2-4-10(9)25/h1-7H,(H4,21,22,24,26). The molecular formula is C16H11ClF3N5O. The number of nitrogens with two attached hydrogens (primary N) is 2. The van der Waals surface area contributed by atoms with Gasteiger partial charge in [0.15, 0.2) is 5.96 Å². The summed E-state index contributed by atoms with van der Waals surface area (Å²) in [6.45, 7) is 0. The van der Waals surface area contributed by atoms with Crippen molar-refractivity contribution in [3.8, 4) is 5.69 Å². The van der Waals surface area contributed by atoms with Crippen LogP contribution in [-0.4, -0.2) is 21.4 Å². The summed E-state index contributed by atoms with van der Waals surface area (Å²) in [5.41, 5.74) is 9.27. The molecule has 3 aromatic rings. The predicted molar refractivity (Wildman–Crippen MR) is 91.2 cm³/mol. The first kappa shape index (κ1) is 17.7. The number of nitrogens with zero attached hydrogens (tertiary/aromatic N) is 3. The minimum absolute atomic E-state index is 0.266. The summed E-state index contributed by atoms with van der Waals surface area (Å²) in [6, 6.07) is 8.93. The van der Waals surface area contributed by atoms with E-state index < -0.39 is 34.2 Å². The molecule has 10 heteroatoms. The van der Waals surface area contributed by atoms with Crippen molar-refractivity contribution in [1.82, 2.24) is 9.55 Å². The van der Waals surface area contributed by atoms with Crippen molar-refractivity contribution in [2.75, 3.05) is 0 Å². The Balaban J connectivity index is 2.29. The largest absolute Gasteiger partial charge is 0.419 e. The molecule has 1 aromatic heterocycles. The molecule has 0 atom stereocenters. The van der Waals surface area contributed by atoms with E-state index in [1.54, 1.807) is 24.3 Å². The van der Waals surface area contributed by atoms with E-state index in [1.807, 2.05) is 0 Å². The van der Waals surface area contributed by atoms with Gasteiger partial charge in [0.2, 0.25) is 0 Å². The number of halogens is 4. The molecule has 0 aliphatic carbocycles. The molecule has 1 amide bonds. The Morgan fingerprint density at radius 1 is 1.15 bits per heavy atom. The molecule has 0 aliphatic heterocycles. The Bertz CT molecular complexity index is 1040. The van der Waals surface area contributed by atoms with Gasteiger partial charge in [0.1, 0.15) is 6.33 Å². The van der Waals surface area contributed by atoms with Gasteiger partial charge in [-0.05, 0) is 24.3 Å². The smallest absolute Gasteiger partial charge is 0.370 e. The highest BCUT2D eigenvalue weighted by Gasteiger charge is 2.38. The zero-order valence-electron chi connectivity index (χ0n) is 13.0. The first-order valence-electron chi connectivity index (χ1n) is 7.16. The van der Waals surface area contributed by atoms with Gasteiger partial charge in [0, 0.05) is 0 Å². The van der Waals surface area contributed by atoms with Crippen molar-refractivity contribution in [2.45, 2.75) is 6.18 Å². The van der Waals surface area contributed by atoms with Crippen LogP contribution in [0.25, 0.3) is 16.7 Å². The van der Waals surface area contributed by atoms with Crippen molar-refractivity contribution in [3.05, 3.63) is 58.9 Å². The number of hydrogen-bond acceptors (Lipinski definition) is 2. The third kappa shape index (κ3) is 3.08. The molecule has 0 bridgehead atoms. The maximum atomic E-state index is 13.7. The Morgan fingerprint density at radius 2 is 1.85 bits per heavy atom. The van der Waals surface area contributed by atoms with E-state index in [-0.39, 0.29) is 5.69 Å². The van der Waals surface area contributed by atoms with Crippen molar-refractivity contribution >= 4 is 34.5 Å². The molecule has 2 aromatic carbocycles. The molecule has 0 saturated heterocycles. The van der Waals surface area contributed by atoms with Crippen LogP contribution < -0.4 is 11.5 Å². The number of carbonyl (C=O) groups is 1. The number of rotatable bonds is 2. The molecular weight excluding hydrogens is 371 g/mol. The monoisotopic (exact) mass is 381 g/mol. The van der Waals surface area contributed by atoms with Crippen LogP contribution >= 0.6 is 11.6 Å². The number of carbonyl (C=O) groups excluding carboxylic acids is 1. The number of imidazole rings is 1. The average molecular weight is 382 g/mol. The van der Waals surface area contributed by atoms with Crippen LogP contribution in [0.15, 0.2) is 47.7 Å². The fraction of sp³-hybridized carbons (Fsp3) is 0.0625. The van der Waals surface area contributed by atoms with Crippen molar-refractivity contribution in [1.29, 1.82) is 0 Å². The minimum atomic E-state index is -4.83. The summed E-state index contributed by atoms with van der Waals surface area (Å²) in [6.07, 6.45) is -3.57. The Labute approximate surface area is 149 Å². The van der Waals surface area contributed by atoms with Gasteiger partial charge in [0.25, 0.3) is 5.91 Å². The van der Waals surface area contributed by atoms with E-state index in [9.17, 15) is 18.0 Å². The highest BCUT2D eigenvalue weighted by Crippen LogP contribution is 2.41. The molecule has 1 heterocycles. The summed E-state index contributed by atoms with van der Waals surface area (Å²) < 4.78 is 42.3. The normalized spacial score (nSPS) is 11.5. The Kier molecular flexibility index (Phi) is 4.33. The summed E-state index contributed by atoms with van der Waals surface area (Å²) in [4.78, 5) is 19.3. The molecule has 6 nitrogen and oxygen atoms in total. The van der Waals surface area contributed by atoms with Gasteiger partial charge in [-0.25, -0.2) is 4.98 Å². The summed E-state index contributed by atoms with van der Waals surface area (Å²) in [5, 5.41) is -0.789. The van der Waals surface area contributed by atoms with Crippen molar-refractivity contribution < 1.29 is 18.0 Å². The summed E-state index contributed by atoms with van der Waals surface area (Å²) in [7, 11) is 0. The van der Waals surface area contributed by atoms with Gasteiger partial charge < -0.3 is 11.5 Å².